The molecule has 4 unspecified atom stereocenters. The van der Waals surface area contributed by atoms with Crippen molar-refractivity contribution in [2.45, 2.75) is 364 Å². The number of benzene rings is 8. The van der Waals surface area contributed by atoms with Crippen molar-refractivity contribution < 1.29 is 18.3 Å². The van der Waals surface area contributed by atoms with Crippen LogP contribution < -0.4 is 18.3 Å². The zero-order chi connectivity index (χ0) is 90.2. The molecule has 0 saturated heterocycles. The maximum atomic E-state index is 2.64. The summed E-state index contributed by atoms with van der Waals surface area (Å²) in [6.45, 7) is 14.0. The number of rotatable bonds is 13. The van der Waals surface area contributed by atoms with Gasteiger partial charge in [-0.3, -0.25) is 0 Å². The molecule has 692 valence electrons. The van der Waals surface area contributed by atoms with E-state index < -0.39 is 0 Å². The van der Waals surface area contributed by atoms with E-state index in [0.29, 0.717) is 0 Å². The summed E-state index contributed by atoms with van der Waals surface area (Å²) in [5, 5.41) is 11.4. The number of aromatic nitrogens is 4. The maximum absolute atomic E-state index is 2.64. The van der Waals surface area contributed by atoms with E-state index in [2.05, 4.69) is 264 Å². The zero-order valence-corrected chi connectivity index (χ0v) is 83.5. The minimum atomic E-state index is 0.741. The summed E-state index contributed by atoms with van der Waals surface area (Å²) < 4.78 is 9.46. The van der Waals surface area contributed by atoms with Crippen molar-refractivity contribution in [2.75, 3.05) is 0 Å². The van der Waals surface area contributed by atoms with Crippen molar-refractivity contribution in [3.63, 3.8) is 0 Å². The van der Waals surface area contributed by atoms with E-state index in [1.54, 1.807) is 55.6 Å². The Morgan fingerprint density at radius 1 is 0.203 bits per heavy atom. The summed E-state index contributed by atoms with van der Waals surface area (Å²) in [6.07, 6.45) is 68.8. The predicted molar refractivity (Wildman–Crippen MR) is 557 cm³/mol. The van der Waals surface area contributed by atoms with E-state index in [1.807, 2.05) is 0 Å². The molecule has 0 N–H and O–H groups in total. The molecule has 4 heteroatoms. The molecule has 12 aromatic rings. The Bertz CT molecular complexity index is 6250. The molecule has 4 heterocycles. The summed E-state index contributed by atoms with van der Waals surface area (Å²) in [5.74, 6) is 14.5. The molecule has 0 spiro atoms. The third kappa shape index (κ3) is 18.1. The Balaban J connectivity index is 0.000000103. The van der Waals surface area contributed by atoms with Crippen molar-refractivity contribution >= 4 is 43.1 Å². The number of aryl methyl sites for hydroxylation is 7. The average molecular weight is 1770 g/mol. The summed E-state index contributed by atoms with van der Waals surface area (Å²) in [5.41, 5.74) is 34.5. The zero-order valence-electron chi connectivity index (χ0n) is 83.5. The standard InChI is InChI=1S/C35H44N.C32H40N.2C31H38N/c1-23-32(26-9-5-6-10-26)21-30(25-7-3-4-8-25)22-33(23)35-31-16-15-28(20-29(31)17-18-36(35)2)34-19-24-11-13-27(34)14-12-24;1-21-17-28(24-7-5-4-6-8-24)20-30(22(21)2)32-29-14-13-26(19-27(29)15-16-33(32)3)31-18-23-9-11-25(31)12-10-23;1-20-16-27(23-6-4-5-7-23)19-29(21(20)2)31-28-13-12-25(18-26(28)14-15-32(31)3)30-17-22-8-10-24(30)11-9-22;1-21-8-11-25(23-6-4-3-5-7-23)20-29(21)31-28-15-14-26(19-27(28)16-17-32(31)2)30-18-22-9-12-24(30)13-10-22/h15-18,20-22,24-27,34H,3-14,19H2,1-2H3;13-17,19-20,23-25,31H,4-12,18H2,1-3H3;12-16,18-19,22-24,30H,4-11,17H2,1-3H3;8,11,14-17,19-20,22-24,30H,3-7,9-10,12-13,18H2,1-2H3/q4*+1. The van der Waals surface area contributed by atoms with Crippen LogP contribution >= 0.6 is 0 Å². The lowest BCUT2D eigenvalue weighted by Crippen LogP contribution is -2.31. The van der Waals surface area contributed by atoms with E-state index in [0.717, 1.165) is 101 Å². The van der Waals surface area contributed by atoms with Crippen LogP contribution in [0.4, 0.5) is 0 Å². The molecule has 0 radical (unpaired) electrons. The van der Waals surface area contributed by atoms with Gasteiger partial charge in [-0.05, 0) is 437 Å². The van der Waals surface area contributed by atoms with Crippen LogP contribution in [0.1, 0.15) is 406 Å². The van der Waals surface area contributed by atoms with E-state index in [4.69, 9.17) is 0 Å². The molecule has 4 aromatic heterocycles. The van der Waals surface area contributed by atoms with E-state index in [9.17, 15) is 0 Å². The first-order valence-corrected chi connectivity index (χ1v) is 55.2. The average Bonchev–Trinajstić information content (AvgIpc) is 1.71. The number of pyridine rings is 4. The van der Waals surface area contributed by atoms with Crippen LogP contribution in [0.25, 0.3) is 88.1 Å². The van der Waals surface area contributed by atoms with Crippen LogP contribution in [0.3, 0.4) is 0 Å². The second-order valence-corrected chi connectivity index (χ2v) is 47.0. The topological polar surface area (TPSA) is 15.5 Å². The van der Waals surface area contributed by atoms with E-state index in [1.165, 1.54) is 386 Å². The molecular formula is C129H160N4+4. The Morgan fingerprint density at radius 3 is 0.759 bits per heavy atom. The van der Waals surface area contributed by atoms with Gasteiger partial charge in [-0.2, -0.15) is 0 Å². The molecule has 17 saturated carbocycles. The van der Waals surface area contributed by atoms with Crippen molar-refractivity contribution in [2.24, 2.45) is 75.5 Å². The van der Waals surface area contributed by atoms with Crippen molar-refractivity contribution in [1.82, 2.24) is 0 Å². The van der Waals surface area contributed by atoms with Gasteiger partial charge in [-0.15, -0.1) is 0 Å². The quantitative estimate of drug-likeness (QED) is 0.102. The molecule has 8 aromatic carbocycles. The van der Waals surface area contributed by atoms with E-state index >= 15 is 0 Å². The highest BCUT2D eigenvalue weighted by Crippen LogP contribution is 2.56. The Kier molecular flexibility index (Phi) is 26.1. The second-order valence-electron chi connectivity index (χ2n) is 47.0. The number of nitrogens with zero attached hydrogens (tertiary/aromatic N) is 4. The van der Waals surface area contributed by atoms with Crippen LogP contribution in [0, 0.1) is 88.9 Å². The Labute approximate surface area is 800 Å². The lowest BCUT2D eigenvalue weighted by Gasteiger charge is -2.42. The van der Waals surface area contributed by atoms with Gasteiger partial charge in [-0.1, -0.05) is 207 Å². The first-order valence-electron chi connectivity index (χ1n) is 55.2. The Hall–Kier alpha value is -8.60. The van der Waals surface area contributed by atoms with E-state index in [-0.39, 0.29) is 0 Å². The third-order valence-electron chi connectivity index (χ3n) is 39.3. The normalized spacial score (nSPS) is 26.1. The minimum absolute atomic E-state index is 0.741. The van der Waals surface area contributed by atoms with Gasteiger partial charge in [0.25, 0.3) is 0 Å². The fraction of sp³-hybridized carbons (Fsp3) is 0.535. The number of hydrogen-bond donors (Lipinski definition) is 0. The second kappa shape index (κ2) is 38.8. The van der Waals surface area contributed by atoms with Crippen LogP contribution in [-0.2, 0) is 28.2 Å². The SMILES string of the molecule is Cc1c(-c2c3ccc(C4CC5CCC4CC5)cc3cc[n+]2C)cc(C2CCCC2)cc1C1CCCC1.Cc1cc(C2CCCC2)cc(-c2c3ccc(C4CC5CCC4CC5)cc3cc[n+]2C)c1C.Cc1cc(C2CCCCC2)cc(-c2c3ccc(C4CC5CCC4CC5)cc3cc[n+]2C)c1C.Cc1ccc(C2CCCCC2)cc1-c1c2ccc(C3CC4CCC3CC4)cc2cc[n+]1C. The smallest absolute Gasteiger partial charge is 0.200 e. The van der Waals surface area contributed by atoms with Gasteiger partial charge in [-0.25, -0.2) is 18.3 Å². The highest BCUT2D eigenvalue weighted by molar-refractivity contribution is 5.98. The minimum Gasteiger partial charge on any atom is -0.200 e. The summed E-state index contributed by atoms with van der Waals surface area (Å²) in [7, 11) is 8.93. The number of fused-ring (bicyclic) bond motifs is 16. The first-order chi connectivity index (χ1) is 65.0. The van der Waals surface area contributed by atoms with Gasteiger partial charge in [0.05, 0.1) is 38.2 Å². The molecule has 4 atom stereocenters. The summed E-state index contributed by atoms with van der Waals surface area (Å²) >= 11 is 0. The summed E-state index contributed by atoms with van der Waals surface area (Å²) in [4.78, 5) is 0. The van der Waals surface area contributed by atoms with Crippen molar-refractivity contribution in [1.29, 1.82) is 0 Å². The molecule has 17 aliphatic rings. The van der Waals surface area contributed by atoms with Gasteiger partial charge < -0.3 is 0 Å². The highest BCUT2D eigenvalue weighted by atomic mass is 14.9. The fourth-order valence-corrected chi connectivity index (χ4v) is 31.2. The fourth-order valence-electron chi connectivity index (χ4n) is 31.2. The molecule has 133 heavy (non-hydrogen) atoms. The molecule has 4 nitrogen and oxygen atoms in total. The Morgan fingerprint density at radius 2 is 0.459 bits per heavy atom. The predicted octanol–water partition coefficient (Wildman–Crippen LogP) is 33.4. The van der Waals surface area contributed by atoms with Crippen LogP contribution in [0.5, 0.6) is 0 Å². The van der Waals surface area contributed by atoms with Crippen LogP contribution in [0.15, 0.2) is 176 Å². The van der Waals surface area contributed by atoms with Gasteiger partial charge in [0.15, 0.2) is 24.8 Å². The van der Waals surface area contributed by atoms with Crippen molar-refractivity contribution in [3.8, 4) is 45.0 Å². The largest absolute Gasteiger partial charge is 0.220 e. The molecule has 17 aliphatic carbocycles. The van der Waals surface area contributed by atoms with Gasteiger partial charge in [0, 0.05) is 29.8 Å². The summed E-state index contributed by atoms with van der Waals surface area (Å²) in [6, 6.07) is 61.9. The van der Waals surface area contributed by atoms with Gasteiger partial charge >= 0.3 is 0 Å². The molecule has 17 fully saturated rings. The lowest BCUT2D eigenvalue weighted by molar-refractivity contribution is -0.659. The highest BCUT2D eigenvalue weighted by Gasteiger charge is 2.42. The monoisotopic (exact) mass is 1770 g/mol. The molecule has 0 aliphatic heterocycles. The molecular weight excluding hydrogens is 1610 g/mol. The first kappa shape index (κ1) is 89.6. The molecule has 29 rings (SSSR count). The molecule has 0 amide bonds. The van der Waals surface area contributed by atoms with Gasteiger partial charge in [0.2, 0.25) is 22.8 Å². The maximum Gasteiger partial charge on any atom is 0.220 e. The molecule has 8 bridgehead atoms. The van der Waals surface area contributed by atoms with Crippen LogP contribution in [-0.4, -0.2) is 0 Å². The number of hydrogen-bond acceptors (Lipinski definition) is 0. The lowest BCUT2D eigenvalue weighted by atomic mass is 9.63. The van der Waals surface area contributed by atoms with Gasteiger partial charge in [0.1, 0.15) is 28.2 Å². The van der Waals surface area contributed by atoms with Crippen molar-refractivity contribution in [3.05, 3.63) is 260 Å². The third-order valence-corrected chi connectivity index (χ3v) is 39.3. The van der Waals surface area contributed by atoms with Crippen LogP contribution in [0.2, 0.25) is 0 Å².